The highest BCUT2D eigenvalue weighted by Crippen LogP contribution is 2.11. The molecule has 0 aromatic carbocycles. The molecule has 5 heteroatoms. The second-order valence-electron chi connectivity index (χ2n) is 2.71. The van der Waals surface area contributed by atoms with Gasteiger partial charge in [0, 0.05) is 12.4 Å². The molecule has 1 aromatic rings. The van der Waals surface area contributed by atoms with Crippen LogP contribution in [0.15, 0.2) is 12.4 Å². The topological polar surface area (TPSA) is 29.9 Å². The standard InChI is InChI=1S/C8H13F2N3/c1-2-3-11-6-7-12-4-5-13(7)8(9)10/h4-5,8,11H,2-3,6H2,1H3. The van der Waals surface area contributed by atoms with Crippen LogP contribution in [0, 0.1) is 0 Å². The van der Waals surface area contributed by atoms with Crippen LogP contribution in [0.2, 0.25) is 0 Å². The average Bonchev–Trinajstić information content (AvgIpc) is 2.53. The molecule has 0 amide bonds. The van der Waals surface area contributed by atoms with E-state index in [0.29, 0.717) is 12.4 Å². The molecule has 0 unspecified atom stereocenters. The summed E-state index contributed by atoms with van der Waals surface area (Å²) in [6.45, 7) is 0.731. The van der Waals surface area contributed by atoms with Crippen LogP contribution in [0.3, 0.4) is 0 Å². The molecule has 0 saturated heterocycles. The summed E-state index contributed by atoms with van der Waals surface area (Å²) in [6.07, 6.45) is 3.65. The average molecular weight is 189 g/mol. The predicted molar refractivity (Wildman–Crippen MR) is 45.5 cm³/mol. The second kappa shape index (κ2) is 4.91. The fourth-order valence-corrected chi connectivity index (χ4v) is 1.04. The number of nitrogens with one attached hydrogen (secondary N) is 1. The third kappa shape index (κ3) is 2.77. The first-order valence-corrected chi connectivity index (χ1v) is 4.26. The molecule has 0 spiro atoms. The summed E-state index contributed by atoms with van der Waals surface area (Å²) in [5, 5.41) is 3.02. The van der Waals surface area contributed by atoms with Crippen LogP contribution in [0.5, 0.6) is 0 Å². The predicted octanol–water partition coefficient (Wildman–Crippen LogP) is 1.78. The number of hydrogen-bond donors (Lipinski definition) is 1. The molecule has 13 heavy (non-hydrogen) atoms. The van der Waals surface area contributed by atoms with E-state index in [1.54, 1.807) is 0 Å². The first-order chi connectivity index (χ1) is 6.25. The number of rotatable bonds is 5. The monoisotopic (exact) mass is 189 g/mol. The number of halogens is 2. The second-order valence-corrected chi connectivity index (χ2v) is 2.71. The number of aromatic nitrogens is 2. The first kappa shape index (κ1) is 10.1. The normalized spacial score (nSPS) is 11.1. The Bertz CT molecular complexity index is 247. The van der Waals surface area contributed by atoms with Crippen molar-refractivity contribution in [3.63, 3.8) is 0 Å². The molecular formula is C8H13F2N3. The van der Waals surface area contributed by atoms with Crippen molar-refractivity contribution in [2.24, 2.45) is 0 Å². The minimum atomic E-state index is -2.50. The van der Waals surface area contributed by atoms with Crippen LogP contribution in [-0.2, 0) is 6.54 Å². The zero-order chi connectivity index (χ0) is 9.68. The summed E-state index contributed by atoms with van der Waals surface area (Å²) >= 11 is 0. The van der Waals surface area contributed by atoms with Crippen molar-refractivity contribution in [1.82, 2.24) is 14.9 Å². The fraction of sp³-hybridized carbons (Fsp3) is 0.625. The summed E-state index contributed by atoms with van der Waals surface area (Å²) < 4.78 is 25.4. The Balaban J connectivity index is 2.50. The Kier molecular flexibility index (Phi) is 3.82. The molecule has 74 valence electrons. The molecular weight excluding hydrogens is 176 g/mol. The van der Waals surface area contributed by atoms with Crippen molar-refractivity contribution in [2.45, 2.75) is 26.4 Å². The van der Waals surface area contributed by atoms with E-state index in [0.717, 1.165) is 17.5 Å². The quantitative estimate of drug-likeness (QED) is 0.715. The Hall–Kier alpha value is -0.970. The zero-order valence-electron chi connectivity index (χ0n) is 7.50. The molecule has 1 heterocycles. The Morgan fingerprint density at radius 2 is 2.38 bits per heavy atom. The lowest BCUT2D eigenvalue weighted by Gasteiger charge is -2.06. The van der Waals surface area contributed by atoms with Crippen LogP contribution in [-0.4, -0.2) is 16.1 Å². The van der Waals surface area contributed by atoms with Gasteiger partial charge in [0.05, 0.1) is 6.54 Å². The molecule has 1 rings (SSSR count). The number of imidazole rings is 1. The number of alkyl halides is 2. The van der Waals surface area contributed by atoms with Crippen molar-refractivity contribution >= 4 is 0 Å². The molecule has 0 aliphatic carbocycles. The van der Waals surface area contributed by atoms with Gasteiger partial charge in [-0.25, -0.2) is 4.98 Å². The smallest absolute Gasteiger partial charge is 0.310 e. The van der Waals surface area contributed by atoms with Crippen molar-refractivity contribution in [2.75, 3.05) is 6.54 Å². The lowest BCUT2D eigenvalue weighted by Crippen LogP contribution is -2.17. The van der Waals surface area contributed by atoms with Crippen molar-refractivity contribution in [1.29, 1.82) is 0 Å². The van der Waals surface area contributed by atoms with Crippen LogP contribution in [0.4, 0.5) is 8.78 Å². The lowest BCUT2D eigenvalue weighted by molar-refractivity contribution is 0.0666. The molecule has 3 nitrogen and oxygen atoms in total. The van der Waals surface area contributed by atoms with E-state index >= 15 is 0 Å². The summed E-state index contributed by atoms with van der Waals surface area (Å²) in [6, 6.07) is 0. The zero-order valence-corrected chi connectivity index (χ0v) is 7.50. The lowest BCUT2D eigenvalue weighted by atomic mass is 10.4. The molecule has 0 radical (unpaired) electrons. The van der Waals surface area contributed by atoms with Crippen LogP contribution < -0.4 is 5.32 Å². The van der Waals surface area contributed by atoms with Gasteiger partial charge in [-0.1, -0.05) is 6.92 Å². The van der Waals surface area contributed by atoms with Crippen LogP contribution in [0.25, 0.3) is 0 Å². The maximum absolute atomic E-state index is 12.3. The van der Waals surface area contributed by atoms with Crippen LogP contribution in [0.1, 0.15) is 25.7 Å². The summed E-state index contributed by atoms with van der Waals surface area (Å²) in [5.41, 5.74) is 0. The summed E-state index contributed by atoms with van der Waals surface area (Å²) in [5.74, 6) is 0.378. The van der Waals surface area contributed by atoms with Gasteiger partial charge in [0.25, 0.3) is 0 Å². The van der Waals surface area contributed by atoms with Gasteiger partial charge in [0.1, 0.15) is 5.82 Å². The van der Waals surface area contributed by atoms with Crippen LogP contribution >= 0.6 is 0 Å². The summed E-state index contributed by atoms with van der Waals surface area (Å²) in [4.78, 5) is 3.83. The molecule has 0 atom stereocenters. The van der Waals surface area contributed by atoms with E-state index in [1.807, 2.05) is 6.92 Å². The van der Waals surface area contributed by atoms with Gasteiger partial charge in [-0.3, -0.25) is 4.57 Å². The van der Waals surface area contributed by atoms with Gasteiger partial charge in [-0.05, 0) is 13.0 Å². The highest BCUT2D eigenvalue weighted by Gasteiger charge is 2.09. The fourth-order valence-electron chi connectivity index (χ4n) is 1.04. The third-order valence-corrected chi connectivity index (χ3v) is 1.67. The SMILES string of the molecule is CCCNCc1nccn1C(F)F. The molecule has 0 fully saturated rings. The van der Waals surface area contributed by atoms with Gasteiger partial charge in [0.15, 0.2) is 0 Å². The van der Waals surface area contributed by atoms with Crippen molar-refractivity contribution < 1.29 is 8.78 Å². The summed E-state index contributed by atoms with van der Waals surface area (Å²) in [7, 11) is 0. The van der Waals surface area contributed by atoms with E-state index in [2.05, 4.69) is 10.3 Å². The Morgan fingerprint density at radius 1 is 1.62 bits per heavy atom. The highest BCUT2D eigenvalue weighted by atomic mass is 19.3. The van der Waals surface area contributed by atoms with E-state index in [4.69, 9.17) is 0 Å². The molecule has 1 N–H and O–H groups in total. The van der Waals surface area contributed by atoms with Crippen molar-refractivity contribution in [3.05, 3.63) is 18.2 Å². The molecule has 0 aliphatic rings. The Morgan fingerprint density at radius 3 is 3.00 bits per heavy atom. The maximum atomic E-state index is 12.3. The van der Waals surface area contributed by atoms with E-state index in [9.17, 15) is 8.78 Å². The highest BCUT2D eigenvalue weighted by molar-refractivity contribution is 4.92. The van der Waals surface area contributed by atoms with Gasteiger partial charge in [-0.2, -0.15) is 8.78 Å². The van der Waals surface area contributed by atoms with Gasteiger partial charge < -0.3 is 5.32 Å². The molecule has 0 saturated carbocycles. The molecule has 1 aromatic heterocycles. The first-order valence-electron chi connectivity index (χ1n) is 4.26. The molecule has 0 aliphatic heterocycles. The minimum Gasteiger partial charge on any atom is -0.310 e. The van der Waals surface area contributed by atoms with E-state index in [-0.39, 0.29) is 0 Å². The molecule has 0 bridgehead atoms. The van der Waals surface area contributed by atoms with E-state index in [1.165, 1.54) is 12.4 Å². The third-order valence-electron chi connectivity index (χ3n) is 1.67. The Labute approximate surface area is 75.8 Å². The van der Waals surface area contributed by atoms with Gasteiger partial charge in [-0.15, -0.1) is 0 Å². The van der Waals surface area contributed by atoms with Gasteiger partial charge >= 0.3 is 6.55 Å². The van der Waals surface area contributed by atoms with E-state index < -0.39 is 6.55 Å². The number of nitrogens with zero attached hydrogens (tertiary/aromatic N) is 2. The number of hydrogen-bond acceptors (Lipinski definition) is 2. The van der Waals surface area contributed by atoms with Crippen molar-refractivity contribution in [3.8, 4) is 0 Å². The van der Waals surface area contributed by atoms with Gasteiger partial charge in [0.2, 0.25) is 0 Å². The largest absolute Gasteiger partial charge is 0.319 e. The minimum absolute atomic E-state index is 0.378. The maximum Gasteiger partial charge on any atom is 0.319 e.